The normalized spacial score (nSPS) is 11.1. The quantitative estimate of drug-likeness (QED) is 0.493. The third-order valence-corrected chi connectivity index (χ3v) is 4.64. The van der Waals surface area contributed by atoms with Gasteiger partial charge in [0, 0.05) is 5.39 Å². The molecule has 5 nitrogen and oxygen atoms in total. The van der Waals surface area contributed by atoms with Crippen molar-refractivity contribution in [2.24, 2.45) is 0 Å². The number of halogens is 1. The molecule has 7 heteroatoms. The van der Waals surface area contributed by atoms with E-state index in [-0.39, 0.29) is 0 Å². The smallest absolute Gasteiger partial charge is 0.283 e. The Morgan fingerprint density at radius 2 is 1.92 bits per heavy atom. The van der Waals surface area contributed by atoms with Gasteiger partial charge < -0.3 is 4.42 Å². The molecule has 0 bridgehead atoms. The summed E-state index contributed by atoms with van der Waals surface area (Å²) in [6.07, 6.45) is 1.53. The van der Waals surface area contributed by atoms with Gasteiger partial charge in [-0.3, -0.25) is 0 Å². The van der Waals surface area contributed by atoms with Crippen molar-refractivity contribution in [2.75, 3.05) is 0 Å². The molecule has 0 fully saturated rings. The summed E-state index contributed by atoms with van der Waals surface area (Å²) in [6.45, 7) is 2.03. The Morgan fingerprint density at radius 3 is 2.79 bits per heavy atom. The Hall–Kier alpha value is -2.44. The van der Waals surface area contributed by atoms with E-state index < -0.39 is 0 Å². The lowest BCUT2D eigenvalue weighted by molar-refractivity contribution is 0.466. The van der Waals surface area contributed by atoms with Gasteiger partial charge >= 0.3 is 0 Å². The maximum absolute atomic E-state index is 6.17. The van der Waals surface area contributed by atoms with Gasteiger partial charge in [0.1, 0.15) is 11.4 Å². The monoisotopic (exact) mass is 354 g/mol. The first-order valence-electron chi connectivity index (χ1n) is 7.18. The second-order valence-electron chi connectivity index (χ2n) is 5.15. The molecule has 2 aromatic carbocycles. The van der Waals surface area contributed by atoms with Crippen LogP contribution in [-0.4, -0.2) is 20.2 Å². The number of aryl methyl sites for hydroxylation is 1. The zero-order chi connectivity index (χ0) is 16.5. The van der Waals surface area contributed by atoms with Crippen LogP contribution in [0.2, 0.25) is 5.02 Å². The first-order valence-corrected chi connectivity index (χ1v) is 8.38. The van der Waals surface area contributed by atoms with Crippen molar-refractivity contribution in [3.8, 4) is 11.5 Å². The predicted molar refractivity (Wildman–Crippen MR) is 93.1 cm³/mol. The molecule has 0 aliphatic heterocycles. The van der Waals surface area contributed by atoms with E-state index >= 15 is 0 Å². The van der Waals surface area contributed by atoms with Crippen molar-refractivity contribution in [3.05, 3.63) is 59.4 Å². The van der Waals surface area contributed by atoms with Crippen LogP contribution in [0.5, 0.6) is 0 Å². The molecule has 0 saturated heterocycles. The van der Waals surface area contributed by atoms with Gasteiger partial charge in [-0.15, -0.1) is 10.2 Å². The zero-order valence-corrected chi connectivity index (χ0v) is 14.2. The molecule has 2 heterocycles. The van der Waals surface area contributed by atoms with Crippen LogP contribution < -0.4 is 0 Å². The Bertz CT molecular complexity index is 1030. The van der Waals surface area contributed by atoms with Crippen molar-refractivity contribution in [1.29, 1.82) is 0 Å². The fourth-order valence-corrected chi connectivity index (χ4v) is 3.26. The minimum absolute atomic E-state index is 0.387. The highest BCUT2D eigenvalue weighted by molar-refractivity contribution is 7.99. The van der Waals surface area contributed by atoms with Crippen molar-refractivity contribution >= 4 is 34.3 Å². The van der Waals surface area contributed by atoms with Crippen molar-refractivity contribution in [1.82, 2.24) is 20.2 Å². The first kappa shape index (κ1) is 15.1. The predicted octanol–water partition coefficient (Wildman–Crippen LogP) is 4.79. The SMILES string of the molecule is Cc1ccc2ncnc(Sc3nnc(-c4ccccc4Cl)o3)c2c1. The molecule has 2 aromatic heterocycles. The molecular formula is C17H11ClN4OS. The molecule has 0 atom stereocenters. The molecule has 4 aromatic rings. The fraction of sp³-hybridized carbons (Fsp3) is 0.0588. The summed E-state index contributed by atoms with van der Waals surface area (Å²) in [5.41, 5.74) is 2.73. The molecule has 0 radical (unpaired) electrons. The van der Waals surface area contributed by atoms with Crippen LogP contribution in [0.25, 0.3) is 22.4 Å². The van der Waals surface area contributed by atoms with Crippen molar-refractivity contribution in [2.45, 2.75) is 17.2 Å². The molecule has 0 amide bonds. The van der Waals surface area contributed by atoms with Crippen LogP contribution in [0.1, 0.15) is 5.56 Å². The largest absolute Gasteiger partial charge is 0.411 e. The molecule has 0 N–H and O–H groups in total. The van der Waals surface area contributed by atoms with E-state index in [1.807, 2.05) is 43.3 Å². The molecule has 0 spiro atoms. The van der Waals surface area contributed by atoms with E-state index in [0.717, 1.165) is 21.5 Å². The van der Waals surface area contributed by atoms with E-state index in [1.54, 1.807) is 6.07 Å². The van der Waals surface area contributed by atoms with Crippen molar-refractivity contribution in [3.63, 3.8) is 0 Å². The van der Waals surface area contributed by atoms with Crippen LogP contribution in [0.15, 0.2) is 63.5 Å². The van der Waals surface area contributed by atoms with Gasteiger partial charge in [0.2, 0.25) is 5.89 Å². The molecule has 24 heavy (non-hydrogen) atoms. The highest BCUT2D eigenvalue weighted by Gasteiger charge is 2.14. The number of fused-ring (bicyclic) bond motifs is 1. The number of hydrogen-bond acceptors (Lipinski definition) is 6. The summed E-state index contributed by atoms with van der Waals surface area (Å²) in [7, 11) is 0. The summed E-state index contributed by atoms with van der Waals surface area (Å²) in [5.74, 6) is 0.387. The van der Waals surface area contributed by atoms with Gasteiger partial charge in [0.15, 0.2) is 0 Å². The second-order valence-corrected chi connectivity index (χ2v) is 6.50. The van der Waals surface area contributed by atoms with E-state index in [4.69, 9.17) is 16.0 Å². The zero-order valence-electron chi connectivity index (χ0n) is 12.6. The Morgan fingerprint density at radius 1 is 1.04 bits per heavy atom. The summed E-state index contributed by atoms with van der Waals surface area (Å²) in [4.78, 5) is 8.62. The molecule has 0 unspecified atom stereocenters. The molecule has 0 aliphatic rings. The summed E-state index contributed by atoms with van der Waals surface area (Å²) >= 11 is 7.48. The minimum atomic E-state index is 0.387. The maximum atomic E-state index is 6.17. The van der Waals surface area contributed by atoms with Crippen LogP contribution in [0, 0.1) is 6.92 Å². The third kappa shape index (κ3) is 2.86. The molecule has 0 aliphatic carbocycles. The highest BCUT2D eigenvalue weighted by Crippen LogP contribution is 2.33. The van der Waals surface area contributed by atoms with E-state index in [0.29, 0.717) is 21.7 Å². The highest BCUT2D eigenvalue weighted by atomic mass is 35.5. The summed E-state index contributed by atoms with van der Waals surface area (Å²) < 4.78 is 5.73. The van der Waals surface area contributed by atoms with Crippen LogP contribution in [-0.2, 0) is 0 Å². The molecule has 4 rings (SSSR count). The topological polar surface area (TPSA) is 64.7 Å². The molecule has 0 saturated carbocycles. The molecular weight excluding hydrogens is 344 g/mol. The lowest BCUT2D eigenvalue weighted by atomic mass is 10.2. The Labute approximate surface area is 147 Å². The van der Waals surface area contributed by atoms with Gasteiger partial charge in [0.05, 0.1) is 16.1 Å². The number of nitrogens with zero attached hydrogens (tertiary/aromatic N) is 4. The van der Waals surface area contributed by atoms with Gasteiger partial charge in [-0.1, -0.05) is 35.4 Å². The van der Waals surface area contributed by atoms with Gasteiger partial charge in [-0.25, -0.2) is 9.97 Å². The Balaban J connectivity index is 1.70. The van der Waals surface area contributed by atoms with Crippen LogP contribution in [0.3, 0.4) is 0 Å². The van der Waals surface area contributed by atoms with Crippen molar-refractivity contribution < 1.29 is 4.42 Å². The number of hydrogen-bond donors (Lipinski definition) is 0. The van der Waals surface area contributed by atoms with E-state index in [9.17, 15) is 0 Å². The average molecular weight is 355 g/mol. The van der Waals surface area contributed by atoms with Gasteiger partial charge in [-0.05, 0) is 43.0 Å². The number of rotatable bonds is 3. The van der Waals surface area contributed by atoms with Gasteiger partial charge in [0.25, 0.3) is 5.22 Å². The average Bonchev–Trinajstić information content (AvgIpc) is 3.04. The van der Waals surface area contributed by atoms with Gasteiger partial charge in [-0.2, -0.15) is 0 Å². The Kier molecular flexibility index (Phi) is 3.92. The van der Waals surface area contributed by atoms with Crippen LogP contribution in [0.4, 0.5) is 0 Å². The summed E-state index contributed by atoms with van der Waals surface area (Å²) in [6, 6.07) is 13.4. The number of benzene rings is 2. The number of aromatic nitrogens is 4. The third-order valence-electron chi connectivity index (χ3n) is 3.45. The van der Waals surface area contributed by atoms with E-state index in [2.05, 4.69) is 20.2 Å². The summed E-state index contributed by atoms with van der Waals surface area (Å²) in [5, 5.41) is 10.9. The maximum Gasteiger partial charge on any atom is 0.283 e. The standard InChI is InChI=1S/C17H11ClN4OS/c1-10-6-7-14-12(8-10)16(20-9-19-14)24-17-22-21-15(23-17)11-4-2-3-5-13(11)18/h2-9H,1H3. The van der Waals surface area contributed by atoms with Crippen LogP contribution >= 0.6 is 23.4 Å². The van der Waals surface area contributed by atoms with E-state index in [1.165, 1.54) is 18.1 Å². The molecule has 118 valence electrons. The fourth-order valence-electron chi connectivity index (χ4n) is 2.31. The first-order chi connectivity index (χ1) is 11.7. The lowest BCUT2D eigenvalue weighted by Gasteiger charge is -2.03. The minimum Gasteiger partial charge on any atom is -0.411 e. The lowest BCUT2D eigenvalue weighted by Crippen LogP contribution is -1.87. The second kappa shape index (κ2) is 6.22.